The smallest absolute Gasteiger partial charge is 0.147 e. The van der Waals surface area contributed by atoms with E-state index in [9.17, 15) is 0 Å². The largest absolute Gasteiger partial charge is 0.390 e. The van der Waals surface area contributed by atoms with Crippen molar-refractivity contribution in [2.75, 3.05) is 25.2 Å². The van der Waals surface area contributed by atoms with Crippen molar-refractivity contribution in [3.05, 3.63) is 18.1 Å². The third-order valence-corrected chi connectivity index (χ3v) is 2.93. The van der Waals surface area contributed by atoms with Crippen molar-refractivity contribution in [2.45, 2.75) is 25.5 Å². The highest BCUT2D eigenvalue weighted by Crippen LogP contribution is 2.18. The lowest BCUT2D eigenvalue weighted by molar-refractivity contribution is 0.0853. The fourth-order valence-electron chi connectivity index (χ4n) is 1.90. The number of anilines is 1. The number of nitrogens with zero attached hydrogens (tertiary/aromatic N) is 3. The highest BCUT2D eigenvalue weighted by molar-refractivity contribution is 5.36. The molecule has 1 N–H and O–H groups in total. The lowest BCUT2D eigenvalue weighted by Gasteiger charge is -2.31. The molecule has 0 spiro atoms. The maximum atomic E-state index is 9.01. The van der Waals surface area contributed by atoms with Gasteiger partial charge in [-0.2, -0.15) is 0 Å². The molecule has 16 heavy (non-hydrogen) atoms. The molecule has 1 aliphatic rings. The zero-order valence-electron chi connectivity index (χ0n) is 9.46. The molecule has 88 valence electrons. The Bertz CT molecular complexity index is 340. The number of aliphatic hydroxyl groups is 1. The van der Waals surface area contributed by atoms with Crippen LogP contribution >= 0.6 is 0 Å². The van der Waals surface area contributed by atoms with Crippen LogP contribution < -0.4 is 4.90 Å². The predicted molar refractivity (Wildman–Crippen MR) is 60.2 cm³/mol. The minimum atomic E-state index is -0.0670. The average Bonchev–Trinajstić information content (AvgIpc) is 2.39. The van der Waals surface area contributed by atoms with Crippen LogP contribution in [0, 0.1) is 0 Å². The average molecular weight is 223 g/mol. The minimum Gasteiger partial charge on any atom is -0.390 e. The molecule has 1 aliphatic heterocycles. The standard InChI is InChI=1S/C11H17N3O2/c1-14(10-2-4-16-5-3-10)11-7-12-6-9(8-15)13-11/h6-7,10,15H,2-5,8H2,1H3. The van der Waals surface area contributed by atoms with E-state index in [1.807, 2.05) is 7.05 Å². The summed E-state index contributed by atoms with van der Waals surface area (Å²) >= 11 is 0. The fourth-order valence-corrected chi connectivity index (χ4v) is 1.90. The van der Waals surface area contributed by atoms with Gasteiger partial charge in [-0.05, 0) is 12.8 Å². The molecule has 0 radical (unpaired) electrons. The summed E-state index contributed by atoms with van der Waals surface area (Å²) in [6.45, 7) is 1.55. The van der Waals surface area contributed by atoms with Gasteiger partial charge in [0, 0.05) is 26.3 Å². The van der Waals surface area contributed by atoms with Gasteiger partial charge in [0.2, 0.25) is 0 Å². The fraction of sp³-hybridized carbons (Fsp3) is 0.636. The van der Waals surface area contributed by atoms with Gasteiger partial charge in [0.05, 0.1) is 24.7 Å². The van der Waals surface area contributed by atoms with Crippen LogP contribution in [0.4, 0.5) is 5.82 Å². The van der Waals surface area contributed by atoms with Crippen molar-refractivity contribution in [1.29, 1.82) is 0 Å². The van der Waals surface area contributed by atoms with Crippen molar-refractivity contribution in [2.24, 2.45) is 0 Å². The number of aromatic nitrogens is 2. The first-order chi connectivity index (χ1) is 7.81. The van der Waals surface area contributed by atoms with Crippen LogP contribution in [0.2, 0.25) is 0 Å². The molecule has 0 amide bonds. The summed E-state index contributed by atoms with van der Waals surface area (Å²) < 4.78 is 5.33. The van der Waals surface area contributed by atoms with Gasteiger partial charge in [0.25, 0.3) is 0 Å². The number of aliphatic hydroxyl groups excluding tert-OH is 1. The minimum absolute atomic E-state index is 0.0670. The Balaban J connectivity index is 2.09. The lowest BCUT2D eigenvalue weighted by Crippen LogP contribution is -2.37. The molecule has 0 saturated carbocycles. The summed E-state index contributed by atoms with van der Waals surface area (Å²) in [7, 11) is 2.02. The van der Waals surface area contributed by atoms with Crippen LogP contribution in [0.1, 0.15) is 18.5 Å². The molecule has 5 heteroatoms. The van der Waals surface area contributed by atoms with E-state index >= 15 is 0 Å². The Morgan fingerprint density at radius 1 is 1.44 bits per heavy atom. The van der Waals surface area contributed by atoms with E-state index in [1.54, 1.807) is 12.4 Å². The van der Waals surface area contributed by atoms with E-state index < -0.39 is 0 Å². The molecule has 1 fully saturated rings. The topological polar surface area (TPSA) is 58.5 Å². The first-order valence-corrected chi connectivity index (χ1v) is 5.53. The normalized spacial score (nSPS) is 17.4. The highest BCUT2D eigenvalue weighted by Gasteiger charge is 2.19. The van der Waals surface area contributed by atoms with Crippen LogP contribution in [0.3, 0.4) is 0 Å². The summed E-state index contributed by atoms with van der Waals surface area (Å²) in [6, 6.07) is 0.456. The summed E-state index contributed by atoms with van der Waals surface area (Å²) in [5.41, 5.74) is 0.608. The summed E-state index contributed by atoms with van der Waals surface area (Å²) in [4.78, 5) is 10.5. The lowest BCUT2D eigenvalue weighted by atomic mass is 10.1. The molecule has 5 nitrogen and oxygen atoms in total. The molecule has 0 atom stereocenters. The second-order valence-corrected chi connectivity index (χ2v) is 3.98. The van der Waals surface area contributed by atoms with Crippen LogP contribution in [0.5, 0.6) is 0 Å². The van der Waals surface area contributed by atoms with Crippen LogP contribution in [-0.2, 0) is 11.3 Å². The van der Waals surface area contributed by atoms with E-state index in [0.717, 1.165) is 31.9 Å². The SMILES string of the molecule is CN(c1cncc(CO)n1)C1CCOCC1. The Hall–Kier alpha value is -1.20. The van der Waals surface area contributed by atoms with Crippen molar-refractivity contribution < 1.29 is 9.84 Å². The van der Waals surface area contributed by atoms with E-state index in [0.29, 0.717) is 11.7 Å². The van der Waals surface area contributed by atoms with Crippen LogP contribution in [0.25, 0.3) is 0 Å². The van der Waals surface area contributed by atoms with Crippen molar-refractivity contribution in [1.82, 2.24) is 9.97 Å². The molecule has 1 aromatic heterocycles. The molecule has 1 saturated heterocycles. The summed E-state index contributed by atoms with van der Waals surface area (Å²) in [6.07, 6.45) is 5.35. The zero-order valence-corrected chi connectivity index (χ0v) is 9.46. The van der Waals surface area contributed by atoms with E-state index in [2.05, 4.69) is 14.9 Å². The second kappa shape index (κ2) is 5.23. The first-order valence-electron chi connectivity index (χ1n) is 5.53. The third-order valence-electron chi connectivity index (χ3n) is 2.93. The van der Waals surface area contributed by atoms with Gasteiger partial charge < -0.3 is 14.7 Å². The molecule has 0 unspecified atom stereocenters. The maximum absolute atomic E-state index is 9.01. The molecular formula is C11H17N3O2. The Labute approximate surface area is 95.1 Å². The second-order valence-electron chi connectivity index (χ2n) is 3.98. The van der Waals surface area contributed by atoms with Crippen molar-refractivity contribution in [3.8, 4) is 0 Å². The monoisotopic (exact) mass is 223 g/mol. The zero-order chi connectivity index (χ0) is 11.4. The predicted octanol–water partition coefficient (Wildman–Crippen LogP) is 0.584. The number of rotatable bonds is 3. The number of hydrogen-bond acceptors (Lipinski definition) is 5. The van der Waals surface area contributed by atoms with Gasteiger partial charge in [0.15, 0.2) is 0 Å². The number of ether oxygens (including phenoxy) is 1. The molecule has 1 aromatic rings. The molecule has 0 aromatic carbocycles. The maximum Gasteiger partial charge on any atom is 0.147 e. The van der Waals surface area contributed by atoms with E-state index in [-0.39, 0.29) is 6.61 Å². The van der Waals surface area contributed by atoms with Crippen LogP contribution in [-0.4, -0.2) is 41.4 Å². The molecule has 0 bridgehead atoms. The van der Waals surface area contributed by atoms with Crippen molar-refractivity contribution in [3.63, 3.8) is 0 Å². The highest BCUT2D eigenvalue weighted by atomic mass is 16.5. The van der Waals surface area contributed by atoms with E-state index in [4.69, 9.17) is 9.84 Å². The van der Waals surface area contributed by atoms with Gasteiger partial charge in [0.1, 0.15) is 5.82 Å². The first kappa shape index (κ1) is 11.3. The van der Waals surface area contributed by atoms with Crippen molar-refractivity contribution >= 4 is 5.82 Å². The van der Waals surface area contributed by atoms with E-state index in [1.165, 1.54) is 0 Å². The summed E-state index contributed by atoms with van der Waals surface area (Å²) in [5, 5.41) is 9.01. The van der Waals surface area contributed by atoms with Gasteiger partial charge >= 0.3 is 0 Å². The molecule has 2 rings (SSSR count). The summed E-state index contributed by atoms with van der Waals surface area (Å²) in [5.74, 6) is 0.818. The Kier molecular flexibility index (Phi) is 3.69. The van der Waals surface area contributed by atoms with Gasteiger partial charge in [-0.25, -0.2) is 4.98 Å². The molecule has 0 aliphatic carbocycles. The van der Waals surface area contributed by atoms with Crippen LogP contribution in [0.15, 0.2) is 12.4 Å². The molecule has 2 heterocycles. The molecular weight excluding hydrogens is 206 g/mol. The Morgan fingerprint density at radius 2 is 2.19 bits per heavy atom. The quantitative estimate of drug-likeness (QED) is 0.812. The number of hydrogen-bond donors (Lipinski definition) is 1. The Morgan fingerprint density at radius 3 is 2.88 bits per heavy atom. The van der Waals surface area contributed by atoms with Gasteiger partial charge in [-0.1, -0.05) is 0 Å². The van der Waals surface area contributed by atoms with Gasteiger partial charge in [-0.15, -0.1) is 0 Å². The third kappa shape index (κ3) is 2.48. The van der Waals surface area contributed by atoms with Gasteiger partial charge in [-0.3, -0.25) is 4.98 Å².